The maximum atomic E-state index is 12.2. The number of hydrogen-bond donors (Lipinski definition) is 1. The van der Waals surface area contributed by atoms with Gasteiger partial charge >= 0.3 is 5.97 Å². The number of anilines is 1. The van der Waals surface area contributed by atoms with Crippen molar-refractivity contribution in [2.24, 2.45) is 11.8 Å². The second kappa shape index (κ2) is 8.67. The Labute approximate surface area is 130 Å². The molecule has 1 N–H and O–H groups in total. The van der Waals surface area contributed by atoms with Gasteiger partial charge in [0.1, 0.15) is 0 Å². The number of carbonyl (C=O) groups is 2. The smallest absolute Gasteiger partial charge is 0.306 e. The molecule has 2 unspecified atom stereocenters. The molecule has 0 aromatic heterocycles. The molecule has 5 heteroatoms. The predicted molar refractivity (Wildman–Crippen MR) is 84.2 cm³/mol. The number of benzene rings is 1. The number of unbranched alkanes of at least 4 members (excludes halogenated alkanes) is 1. The van der Waals surface area contributed by atoms with Gasteiger partial charge in [0.05, 0.1) is 11.6 Å². The Bertz CT molecular complexity index is 464. The lowest BCUT2D eigenvalue weighted by Gasteiger charge is -2.21. The molecule has 0 aliphatic carbocycles. The van der Waals surface area contributed by atoms with Crippen LogP contribution in [0.2, 0.25) is 0 Å². The Balaban J connectivity index is 2.65. The summed E-state index contributed by atoms with van der Waals surface area (Å²) < 4.78 is 1.06. The van der Waals surface area contributed by atoms with Crippen LogP contribution in [0.25, 0.3) is 0 Å². The maximum absolute atomic E-state index is 12.2. The average molecular weight is 312 g/mol. The number of carboxylic acid groups (broad SMARTS) is 1. The van der Waals surface area contributed by atoms with Crippen molar-refractivity contribution in [1.82, 2.24) is 0 Å². The molecule has 4 nitrogen and oxygen atoms in total. The van der Waals surface area contributed by atoms with Crippen LogP contribution in [-0.4, -0.2) is 17.0 Å². The minimum atomic E-state index is -0.843. The van der Waals surface area contributed by atoms with Crippen LogP contribution in [0.3, 0.4) is 0 Å². The summed E-state index contributed by atoms with van der Waals surface area (Å²) in [6, 6.07) is 8.90. The molecule has 0 fully saturated rings. The van der Waals surface area contributed by atoms with Crippen LogP contribution in [-0.2, 0) is 9.59 Å². The molecule has 0 saturated carbocycles. The molecular weight excluding hydrogens is 290 g/mol. The quantitative estimate of drug-likeness (QED) is 0.736. The summed E-state index contributed by atoms with van der Waals surface area (Å²) >= 11 is 6.03. The molecule has 21 heavy (non-hydrogen) atoms. The van der Waals surface area contributed by atoms with Crippen molar-refractivity contribution in [3.8, 4) is 0 Å². The first kappa shape index (κ1) is 17.5. The Morgan fingerprint density at radius 2 is 1.90 bits per heavy atom. The molecule has 1 aromatic carbocycles. The number of amides is 1. The SMILES string of the molecule is CCCCC(C(=O)O)C(C)CC(=O)N(Cl)c1ccccc1. The van der Waals surface area contributed by atoms with E-state index < -0.39 is 11.9 Å². The molecule has 0 aliphatic rings. The Morgan fingerprint density at radius 3 is 2.43 bits per heavy atom. The highest BCUT2D eigenvalue weighted by atomic mass is 35.5. The van der Waals surface area contributed by atoms with Gasteiger partial charge in [0.15, 0.2) is 0 Å². The van der Waals surface area contributed by atoms with Crippen molar-refractivity contribution in [2.75, 3.05) is 4.42 Å². The number of rotatable bonds is 8. The van der Waals surface area contributed by atoms with Crippen molar-refractivity contribution < 1.29 is 14.7 Å². The van der Waals surface area contributed by atoms with Crippen molar-refractivity contribution in [1.29, 1.82) is 0 Å². The maximum Gasteiger partial charge on any atom is 0.306 e. The fourth-order valence-corrected chi connectivity index (χ4v) is 2.46. The highest BCUT2D eigenvalue weighted by Gasteiger charge is 2.27. The van der Waals surface area contributed by atoms with Crippen molar-refractivity contribution in [2.45, 2.75) is 39.5 Å². The van der Waals surface area contributed by atoms with E-state index in [2.05, 4.69) is 0 Å². The van der Waals surface area contributed by atoms with Gasteiger partial charge in [-0.15, -0.1) is 0 Å². The van der Waals surface area contributed by atoms with Gasteiger partial charge in [-0.25, -0.2) is 4.42 Å². The zero-order valence-electron chi connectivity index (χ0n) is 12.5. The summed E-state index contributed by atoms with van der Waals surface area (Å²) in [5, 5.41) is 9.28. The minimum Gasteiger partial charge on any atom is -0.481 e. The fraction of sp³-hybridized carbons (Fsp3) is 0.500. The van der Waals surface area contributed by atoms with Crippen LogP contribution < -0.4 is 4.42 Å². The van der Waals surface area contributed by atoms with E-state index in [-0.39, 0.29) is 18.2 Å². The molecule has 1 aromatic rings. The van der Waals surface area contributed by atoms with Gasteiger partial charge in [-0.1, -0.05) is 44.9 Å². The molecule has 0 radical (unpaired) electrons. The summed E-state index contributed by atoms with van der Waals surface area (Å²) in [5.74, 6) is -1.87. The monoisotopic (exact) mass is 311 g/mol. The number of carboxylic acids is 1. The molecule has 1 rings (SSSR count). The molecule has 0 saturated heterocycles. The predicted octanol–water partition coefficient (Wildman–Crippen LogP) is 4.09. The number of halogens is 1. The largest absolute Gasteiger partial charge is 0.481 e. The van der Waals surface area contributed by atoms with E-state index in [9.17, 15) is 14.7 Å². The van der Waals surface area contributed by atoms with E-state index in [1.807, 2.05) is 13.0 Å². The summed E-state index contributed by atoms with van der Waals surface area (Å²) in [5.41, 5.74) is 0.594. The number of nitrogens with zero attached hydrogens (tertiary/aromatic N) is 1. The van der Waals surface area contributed by atoms with Gasteiger partial charge in [-0.3, -0.25) is 9.59 Å². The lowest BCUT2D eigenvalue weighted by molar-refractivity contribution is -0.144. The lowest BCUT2D eigenvalue weighted by Crippen LogP contribution is -2.28. The van der Waals surface area contributed by atoms with Crippen LogP contribution in [0.4, 0.5) is 5.69 Å². The average Bonchev–Trinajstić information content (AvgIpc) is 2.47. The van der Waals surface area contributed by atoms with Crippen molar-refractivity contribution >= 4 is 29.3 Å². The Kier molecular flexibility index (Phi) is 7.23. The third-order valence-electron chi connectivity index (χ3n) is 3.57. The van der Waals surface area contributed by atoms with Gasteiger partial charge in [0.25, 0.3) is 0 Å². The molecule has 0 bridgehead atoms. The first-order valence-corrected chi connectivity index (χ1v) is 7.57. The highest BCUT2D eigenvalue weighted by Crippen LogP contribution is 2.25. The number of carbonyl (C=O) groups excluding carboxylic acids is 1. The zero-order valence-corrected chi connectivity index (χ0v) is 13.2. The van der Waals surface area contributed by atoms with Crippen LogP contribution in [0.1, 0.15) is 39.5 Å². The second-order valence-corrected chi connectivity index (χ2v) is 5.62. The molecule has 0 spiro atoms. The van der Waals surface area contributed by atoms with E-state index in [4.69, 9.17) is 11.8 Å². The standard InChI is InChI=1S/C16H22ClNO3/c1-3-4-10-14(16(20)21)12(2)11-15(19)18(17)13-8-6-5-7-9-13/h5-9,12,14H,3-4,10-11H2,1-2H3,(H,20,21). The third kappa shape index (κ3) is 5.38. The van der Waals surface area contributed by atoms with Crippen molar-refractivity contribution in [3.63, 3.8) is 0 Å². The molecule has 0 aliphatic heterocycles. The number of para-hydroxylation sites is 1. The van der Waals surface area contributed by atoms with E-state index in [1.54, 1.807) is 31.2 Å². The first-order chi connectivity index (χ1) is 9.97. The van der Waals surface area contributed by atoms with E-state index >= 15 is 0 Å². The topological polar surface area (TPSA) is 57.6 Å². The zero-order chi connectivity index (χ0) is 15.8. The minimum absolute atomic E-state index is 0.124. The normalized spacial score (nSPS) is 13.5. The summed E-state index contributed by atoms with van der Waals surface area (Å²) in [7, 11) is 0. The second-order valence-electron chi connectivity index (χ2n) is 5.28. The van der Waals surface area contributed by atoms with E-state index in [0.717, 1.165) is 17.3 Å². The van der Waals surface area contributed by atoms with Crippen LogP contribution in [0.15, 0.2) is 30.3 Å². The van der Waals surface area contributed by atoms with E-state index in [1.165, 1.54) is 0 Å². The van der Waals surface area contributed by atoms with Crippen LogP contribution >= 0.6 is 11.8 Å². The summed E-state index contributed by atoms with van der Waals surface area (Å²) in [4.78, 5) is 23.5. The van der Waals surface area contributed by atoms with Gasteiger partial charge in [-0.2, -0.15) is 0 Å². The van der Waals surface area contributed by atoms with Crippen molar-refractivity contribution in [3.05, 3.63) is 30.3 Å². The number of aliphatic carboxylic acids is 1. The van der Waals surface area contributed by atoms with Gasteiger partial charge in [0, 0.05) is 18.2 Å². The number of hydrogen-bond acceptors (Lipinski definition) is 2. The summed E-state index contributed by atoms with van der Waals surface area (Å²) in [6.07, 6.45) is 2.50. The molecule has 2 atom stereocenters. The highest BCUT2D eigenvalue weighted by molar-refractivity contribution is 6.36. The van der Waals surface area contributed by atoms with Gasteiger partial charge in [-0.05, 0) is 24.5 Å². The molecule has 116 valence electrons. The van der Waals surface area contributed by atoms with Crippen LogP contribution in [0, 0.1) is 11.8 Å². The Hall–Kier alpha value is -1.55. The molecule has 1 amide bonds. The fourth-order valence-electron chi connectivity index (χ4n) is 2.28. The Morgan fingerprint density at radius 1 is 1.29 bits per heavy atom. The molecule has 0 heterocycles. The first-order valence-electron chi connectivity index (χ1n) is 7.24. The summed E-state index contributed by atoms with van der Waals surface area (Å²) in [6.45, 7) is 3.81. The molecular formula is C16H22ClNO3. The third-order valence-corrected chi connectivity index (χ3v) is 3.95. The van der Waals surface area contributed by atoms with E-state index in [0.29, 0.717) is 12.1 Å². The van der Waals surface area contributed by atoms with Gasteiger partial charge in [0.2, 0.25) is 5.91 Å². The lowest BCUT2D eigenvalue weighted by atomic mass is 9.87. The van der Waals surface area contributed by atoms with Crippen LogP contribution in [0.5, 0.6) is 0 Å². The van der Waals surface area contributed by atoms with Gasteiger partial charge < -0.3 is 5.11 Å².